The summed E-state index contributed by atoms with van der Waals surface area (Å²) in [5, 5.41) is 25.5. The summed E-state index contributed by atoms with van der Waals surface area (Å²) in [5.41, 5.74) is 1.24. The van der Waals surface area contributed by atoms with Crippen molar-refractivity contribution in [2.45, 2.75) is 31.8 Å². The van der Waals surface area contributed by atoms with Crippen LogP contribution in [0.25, 0.3) is 0 Å². The van der Waals surface area contributed by atoms with E-state index in [4.69, 9.17) is 5.11 Å². The molecule has 0 spiro atoms. The number of nitrogens with zero attached hydrogens (tertiary/aromatic N) is 7. The molecule has 0 atom stereocenters. The first-order valence-electron chi connectivity index (χ1n) is 7.34. The van der Waals surface area contributed by atoms with E-state index in [0.29, 0.717) is 12.5 Å². The van der Waals surface area contributed by atoms with E-state index in [0.717, 1.165) is 38.3 Å². The summed E-state index contributed by atoms with van der Waals surface area (Å²) in [6, 6.07) is 2.07. The van der Waals surface area contributed by atoms with Gasteiger partial charge >= 0.3 is 0 Å². The molecule has 0 aromatic carbocycles. The number of hydrogen-bond donors (Lipinski definition) is 1. The lowest BCUT2D eigenvalue weighted by atomic mass is 9.93. The van der Waals surface area contributed by atoms with E-state index in [-0.39, 0.29) is 6.61 Å². The number of piperidine rings is 1. The van der Waals surface area contributed by atoms with E-state index in [2.05, 4.69) is 31.5 Å². The van der Waals surface area contributed by atoms with Gasteiger partial charge in [-0.25, -0.2) is 0 Å². The molecule has 2 aromatic heterocycles. The van der Waals surface area contributed by atoms with Gasteiger partial charge in [0.2, 0.25) is 0 Å². The summed E-state index contributed by atoms with van der Waals surface area (Å²) < 4.78 is 1.92. The van der Waals surface area contributed by atoms with Crippen LogP contribution < -0.4 is 0 Å². The molecule has 0 unspecified atom stereocenters. The number of aliphatic hydroxyl groups excluding tert-OH is 1. The molecule has 2 aromatic rings. The second-order valence-corrected chi connectivity index (χ2v) is 5.45. The number of rotatable bonds is 5. The van der Waals surface area contributed by atoms with Crippen LogP contribution in [0.3, 0.4) is 0 Å². The summed E-state index contributed by atoms with van der Waals surface area (Å²) >= 11 is 0. The Morgan fingerprint density at radius 3 is 2.81 bits per heavy atom. The molecule has 0 saturated carbocycles. The third kappa shape index (κ3) is 3.27. The monoisotopic (exact) mass is 291 g/mol. The van der Waals surface area contributed by atoms with Crippen molar-refractivity contribution in [1.29, 1.82) is 0 Å². The van der Waals surface area contributed by atoms with Crippen molar-refractivity contribution in [3.63, 3.8) is 0 Å². The maximum Gasteiger partial charge on any atom is 0.188 e. The molecule has 3 rings (SSSR count). The minimum Gasteiger partial charge on any atom is -0.394 e. The van der Waals surface area contributed by atoms with Crippen LogP contribution in [-0.2, 0) is 20.1 Å². The fraction of sp³-hybridized carbons (Fsp3) is 0.692. The van der Waals surface area contributed by atoms with Gasteiger partial charge in [-0.1, -0.05) is 0 Å². The fourth-order valence-corrected chi connectivity index (χ4v) is 2.94. The molecular formula is C13H21N7O. The Morgan fingerprint density at radius 1 is 1.33 bits per heavy atom. The van der Waals surface area contributed by atoms with Crippen molar-refractivity contribution in [1.82, 2.24) is 34.9 Å². The molecule has 114 valence electrons. The highest BCUT2D eigenvalue weighted by atomic mass is 16.3. The Hall–Kier alpha value is -1.80. The standard InChI is InChI=1S/C13H21N7O/c1-18-16-13(15-17-18)10-19-6-3-11(4-7-19)12-2-5-14-20(12)8-9-21/h2,5,11,21H,3-4,6-10H2,1H3. The van der Waals surface area contributed by atoms with Crippen LogP contribution in [0, 0.1) is 0 Å². The van der Waals surface area contributed by atoms with Crippen LogP contribution in [0.5, 0.6) is 0 Å². The SMILES string of the molecule is Cn1nnc(CN2CCC(c3ccnn3CCO)CC2)n1. The average Bonchev–Trinajstić information content (AvgIpc) is 3.10. The van der Waals surface area contributed by atoms with Crippen LogP contribution in [0.2, 0.25) is 0 Å². The van der Waals surface area contributed by atoms with E-state index < -0.39 is 0 Å². The van der Waals surface area contributed by atoms with E-state index in [9.17, 15) is 0 Å². The lowest BCUT2D eigenvalue weighted by molar-refractivity contribution is 0.194. The van der Waals surface area contributed by atoms with Gasteiger partial charge in [0.05, 0.1) is 26.7 Å². The zero-order chi connectivity index (χ0) is 14.7. The zero-order valence-corrected chi connectivity index (χ0v) is 12.3. The Labute approximate surface area is 123 Å². The lowest BCUT2D eigenvalue weighted by Crippen LogP contribution is -2.33. The number of likely N-dealkylation sites (tertiary alicyclic amines) is 1. The molecule has 21 heavy (non-hydrogen) atoms. The van der Waals surface area contributed by atoms with Gasteiger partial charge in [0.25, 0.3) is 0 Å². The van der Waals surface area contributed by atoms with Gasteiger partial charge < -0.3 is 5.11 Å². The first-order chi connectivity index (χ1) is 10.3. The summed E-state index contributed by atoms with van der Waals surface area (Å²) in [4.78, 5) is 3.86. The first kappa shape index (κ1) is 14.2. The maximum absolute atomic E-state index is 9.08. The molecule has 0 amide bonds. The minimum atomic E-state index is 0.131. The zero-order valence-electron chi connectivity index (χ0n) is 12.3. The molecule has 1 N–H and O–H groups in total. The smallest absolute Gasteiger partial charge is 0.188 e. The Bertz CT molecular complexity index is 571. The van der Waals surface area contributed by atoms with Gasteiger partial charge in [-0.2, -0.15) is 9.90 Å². The largest absolute Gasteiger partial charge is 0.394 e. The molecular weight excluding hydrogens is 270 g/mol. The number of tetrazole rings is 1. The number of aromatic nitrogens is 6. The summed E-state index contributed by atoms with van der Waals surface area (Å²) in [6.45, 7) is 3.51. The quantitative estimate of drug-likeness (QED) is 0.820. The van der Waals surface area contributed by atoms with Gasteiger partial charge in [0, 0.05) is 17.8 Å². The van der Waals surface area contributed by atoms with Crippen LogP contribution in [0.1, 0.15) is 30.3 Å². The van der Waals surface area contributed by atoms with E-state index >= 15 is 0 Å². The normalized spacial score (nSPS) is 17.4. The highest BCUT2D eigenvalue weighted by Crippen LogP contribution is 2.28. The van der Waals surface area contributed by atoms with Crippen LogP contribution >= 0.6 is 0 Å². The summed E-state index contributed by atoms with van der Waals surface area (Å²) in [6.07, 6.45) is 4.01. The van der Waals surface area contributed by atoms with E-state index in [1.165, 1.54) is 10.5 Å². The highest BCUT2D eigenvalue weighted by Gasteiger charge is 2.23. The van der Waals surface area contributed by atoms with Crippen LogP contribution in [0.15, 0.2) is 12.3 Å². The second-order valence-electron chi connectivity index (χ2n) is 5.45. The van der Waals surface area contributed by atoms with Crippen molar-refractivity contribution in [2.75, 3.05) is 19.7 Å². The van der Waals surface area contributed by atoms with Crippen molar-refractivity contribution in [3.05, 3.63) is 23.8 Å². The van der Waals surface area contributed by atoms with Crippen molar-refractivity contribution in [2.24, 2.45) is 7.05 Å². The van der Waals surface area contributed by atoms with Gasteiger partial charge in [-0.15, -0.1) is 10.2 Å². The van der Waals surface area contributed by atoms with Gasteiger partial charge in [0.1, 0.15) is 0 Å². The number of aryl methyl sites for hydroxylation is 1. The predicted molar refractivity (Wildman–Crippen MR) is 75.4 cm³/mol. The molecule has 0 aliphatic carbocycles. The van der Waals surface area contributed by atoms with Gasteiger partial charge in [-0.05, 0) is 37.2 Å². The van der Waals surface area contributed by atoms with E-state index in [1.807, 2.05) is 10.9 Å². The molecule has 3 heterocycles. The highest BCUT2D eigenvalue weighted by molar-refractivity contribution is 5.09. The molecule has 1 fully saturated rings. The average molecular weight is 291 g/mol. The Kier molecular flexibility index (Phi) is 4.26. The summed E-state index contributed by atoms with van der Waals surface area (Å²) in [5.74, 6) is 1.30. The summed E-state index contributed by atoms with van der Waals surface area (Å²) in [7, 11) is 1.78. The second kappa shape index (κ2) is 6.31. The Morgan fingerprint density at radius 2 is 2.14 bits per heavy atom. The molecule has 1 aliphatic rings. The molecule has 8 heteroatoms. The molecule has 1 saturated heterocycles. The number of hydrogen-bond acceptors (Lipinski definition) is 6. The third-order valence-corrected chi connectivity index (χ3v) is 3.98. The lowest BCUT2D eigenvalue weighted by Gasteiger charge is -2.31. The minimum absolute atomic E-state index is 0.131. The van der Waals surface area contributed by atoms with Crippen molar-refractivity contribution in [3.8, 4) is 0 Å². The topological polar surface area (TPSA) is 84.9 Å². The molecule has 0 radical (unpaired) electrons. The third-order valence-electron chi connectivity index (χ3n) is 3.98. The Balaban J connectivity index is 1.56. The maximum atomic E-state index is 9.08. The molecule has 1 aliphatic heterocycles. The number of aliphatic hydroxyl groups is 1. The predicted octanol–water partition coefficient (Wildman–Crippen LogP) is -0.222. The molecule has 0 bridgehead atoms. The van der Waals surface area contributed by atoms with Gasteiger partial charge in [-0.3, -0.25) is 9.58 Å². The first-order valence-corrected chi connectivity index (χ1v) is 7.34. The van der Waals surface area contributed by atoms with E-state index in [1.54, 1.807) is 7.05 Å². The fourth-order valence-electron chi connectivity index (χ4n) is 2.94. The van der Waals surface area contributed by atoms with Crippen LogP contribution in [0.4, 0.5) is 0 Å². The van der Waals surface area contributed by atoms with Crippen LogP contribution in [-0.4, -0.2) is 59.7 Å². The van der Waals surface area contributed by atoms with Crippen molar-refractivity contribution >= 4 is 0 Å². The van der Waals surface area contributed by atoms with Gasteiger partial charge in [0.15, 0.2) is 5.82 Å². The molecule has 8 nitrogen and oxygen atoms in total. The van der Waals surface area contributed by atoms with Crippen molar-refractivity contribution < 1.29 is 5.11 Å².